The van der Waals surface area contributed by atoms with Gasteiger partial charge in [-0.1, -0.05) is 30.3 Å². The number of nitrogens with one attached hydrogen (secondary N) is 2. The van der Waals surface area contributed by atoms with E-state index in [-0.39, 0.29) is 6.42 Å². The van der Waals surface area contributed by atoms with Crippen LogP contribution in [-0.4, -0.2) is 16.4 Å². The Morgan fingerprint density at radius 2 is 1.88 bits per heavy atom. The van der Waals surface area contributed by atoms with E-state index in [0.717, 1.165) is 10.9 Å². The molecule has 0 saturated carbocycles. The zero-order valence-corrected chi connectivity index (χ0v) is 13.0. The highest BCUT2D eigenvalue weighted by molar-refractivity contribution is 6.07. The molecule has 24 heavy (non-hydrogen) atoms. The molecule has 0 fully saturated rings. The van der Waals surface area contributed by atoms with Crippen LogP contribution in [0.15, 0.2) is 54.7 Å². The molecule has 2 amide bonds. The van der Waals surface area contributed by atoms with E-state index in [9.17, 15) is 14.0 Å². The van der Waals surface area contributed by atoms with E-state index in [0.29, 0.717) is 11.1 Å². The summed E-state index contributed by atoms with van der Waals surface area (Å²) in [6, 6.07) is 13.3. The van der Waals surface area contributed by atoms with Gasteiger partial charge in [-0.25, -0.2) is 4.39 Å². The predicted octanol–water partition coefficient (Wildman–Crippen LogP) is 2.32. The highest BCUT2D eigenvalue weighted by Crippen LogP contribution is 2.19. The van der Waals surface area contributed by atoms with Crippen LogP contribution in [0.25, 0.3) is 10.9 Å². The number of carbonyl (C=O) groups is 2. The van der Waals surface area contributed by atoms with Gasteiger partial charge in [-0.3, -0.25) is 20.4 Å². The van der Waals surface area contributed by atoms with E-state index in [1.807, 2.05) is 35.9 Å². The van der Waals surface area contributed by atoms with Gasteiger partial charge < -0.3 is 4.57 Å². The lowest BCUT2D eigenvalue weighted by Gasteiger charge is -2.07. The van der Waals surface area contributed by atoms with Crippen molar-refractivity contribution >= 4 is 22.7 Å². The molecule has 0 saturated heterocycles. The number of hydrogen-bond donors (Lipinski definition) is 2. The molecule has 0 aliphatic rings. The third kappa shape index (κ3) is 3.27. The zero-order valence-electron chi connectivity index (χ0n) is 13.0. The van der Waals surface area contributed by atoms with E-state index in [1.165, 1.54) is 18.2 Å². The fourth-order valence-corrected chi connectivity index (χ4v) is 2.59. The SMILES string of the molecule is Cn1cc(C(=O)NNC(=O)Cc2cccc(F)c2)c2ccccc21. The summed E-state index contributed by atoms with van der Waals surface area (Å²) in [5, 5.41) is 0.803. The minimum Gasteiger partial charge on any atom is -0.350 e. The molecule has 6 heteroatoms. The molecule has 0 aliphatic heterocycles. The number of amides is 2. The molecular weight excluding hydrogens is 309 g/mol. The lowest BCUT2D eigenvalue weighted by atomic mass is 10.1. The van der Waals surface area contributed by atoms with E-state index in [4.69, 9.17) is 0 Å². The Hall–Kier alpha value is -3.15. The van der Waals surface area contributed by atoms with Gasteiger partial charge in [-0.05, 0) is 23.8 Å². The summed E-state index contributed by atoms with van der Waals surface area (Å²) < 4.78 is 14.9. The first-order chi connectivity index (χ1) is 11.5. The summed E-state index contributed by atoms with van der Waals surface area (Å²) in [7, 11) is 1.85. The molecule has 0 radical (unpaired) electrons. The summed E-state index contributed by atoms with van der Waals surface area (Å²) in [5.74, 6) is -1.23. The maximum absolute atomic E-state index is 13.1. The summed E-state index contributed by atoms with van der Waals surface area (Å²) in [5.41, 5.74) is 6.68. The number of aromatic nitrogens is 1. The fourth-order valence-electron chi connectivity index (χ4n) is 2.59. The Morgan fingerprint density at radius 1 is 1.08 bits per heavy atom. The van der Waals surface area contributed by atoms with Crippen molar-refractivity contribution < 1.29 is 14.0 Å². The first-order valence-electron chi connectivity index (χ1n) is 7.42. The van der Waals surface area contributed by atoms with Crippen molar-refractivity contribution in [1.82, 2.24) is 15.4 Å². The minimum absolute atomic E-state index is 0.0203. The quantitative estimate of drug-likeness (QED) is 0.726. The van der Waals surface area contributed by atoms with Crippen LogP contribution >= 0.6 is 0 Å². The van der Waals surface area contributed by atoms with E-state index in [1.54, 1.807) is 12.3 Å². The van der Waals surface area contributed by atoms with Gasteiger partial charge in [0, 0.05) is 24.1 Å². The lowest BCUT2D eigenvalue weighted by molar-refractivity contribution is -0.121. The Labute approximate surface area is 138 Å². The highest BCUT2D eigenvalue weighted by atomic mass is 19.1. The van der Waals surface area contributed by atoms with Crippen LogP contribution < -0.4 is 10.9 Å². The molecule has 5 nitrogen and oxygen atoms in total. The molecule has 2 N–H and O–H groups in total. The topological polar surface area (TPSA) is 63.1 Å². The standard InChI is InChI=1S/C18H16FN3O2/c1-22-11-15(14-7-2-3-8-16(14)22)18(24)21-20-17(23)10-12-5-4-6-13(19)9-12/h2-9,11H,10H2,1H3,(H,20,23)(H,21,24). The van der Waals surface area contributed by atoms with E-state index >= 15 is 0 Å². The molecule has 122 valence electrons. The molecule has 1 aromatic heterocycles. The van der Waals surface area contributed by atoms with Gasteiger partial charge in [0.25, 0.3) is 5.91 Å². The first-order valence-corrected chi connectivity index (χ1v) is 7.42. The average molecular weight is 325 g/mol. The molecule has 0 aliphatic carbocycles. The number of nitrogens with zero attached hydrogens (tertiary/aromatic N) is 1. The van der Waals surface area contributed by atoms with Gasteiger partial charge in [0.1, 0.15) is 5.82 Å². The summed E-state index contributed by atoms with van der Waals surface area (Å²) in [4.78, 5) is 24.2. The Bertz CT molecular complexity index is 918. The van der Waals surface area contributed by atoms with Gasteiger partial charge in [-0.2, -0.15) is 0 Å². The first kappa shape index (κ1) is 15.7. The number of benzene rings is 2. The number of hydrogen-bond acceptors (Lipinski definition) is 2. The number of rotatable bonds is 3. The number of carbonyl (C=O) groups excluding carboxylic acids is 2. The Balaban J connectivity index is 1.65. The van der Waals surface area contributed by atoms with Crippen molar-refractivity contribution in [3.05, 3.63) is 71.7 Å². The van der Waals surface area contributed by atoms with Crippen LogP contribution in [0.1, 0.15) is 15.9 Å². The van der Waals surface area contributed by atoms with Crippen molar-refractivity contribution in [1.29, 1.82) is 0 Å². The summed E-state index contributed by atoms with van der Waals surface area (Å²) in [6.45, 7) is 0. The molecule has 0 unspecified atom stereocenters. The zero-order chi connectivity index (χ0) is 17.1. The number of fused-ring (bicyclic) bond motifs is 1. The molecule has 1 heterocycles. The third-order valence-corrected chi connectivity index (χ3v) is 3.71. The van der Waals surface area contributed by atoms with Gasteiger partial charge in [0.2, 0.25) is 5.91 Å². The van der Waals surface area contributed by atoms with Gasteiger partial charge in [0.15, 0.2) is 0 Å². The number of aryl methyl sites for hydroxylation is 1. The minimum atomic E-state index is -0.422. The number of halogens is 1. The number of hydrazine groups is 1. The predicted molar refractivity (Wildman–Crippen MR) is 88.6 cm³/mol. The Morgan fingerprint density at radius 3 is 2.67 bits per heavy atom. The van der Waals surface area contributed by atoms with Gasteiger partial charge >= 0.3 is 0 Å². The van der Waals surface area contributed by atoms with Crippen molar-refractivity contribution in [3.63, 3.8) is 0 Å². The second-order valence-electron chi connectivity index (χ2n) is 5.48. The maximum atomic E-state index is 13.1. The second kappa shape index (κ2) is 6.54. The van der Waals surface area contributed by atoms with Crippen LogP contribution in [0.5, 0.6) is 0 Å². The van der Waals surface area contributed by atoms with E-state index < -0.39 is 17.6 Å². The van der Waals surface area contributed by atoms with E-state index in [2.05, 4.69) is 10.9 Å². The van der Waals surface area contributed by atoms with Crippen molar-refractivity contribution in [2.45, 2.75) is 6.42 Å². The normalized spacial score (nSPS) is 10.6. The van der Waals surface area contributed by atoms with Crippen LogP contribution in [0.4, 0.5) is 4.39 Å². The number of para-hydroxylation sites is 1. The molecule has 2 aromatic carbocycles. The average Bonchev–Trinajstić information content (AvgIpc) is 2.90. The van der Waals surface area contributed by atoms with Crippen molar-refractivity contribution in [2.75, 3.05) is 0 Å². The molecular formula is C18H16FN3O2. The van der Waals surface area contributed by atoms with Gasteiger partial charge in [-0.15, -0.1) is 0 Å². The van der Waals surface area contributed by atoms with Crippen LogP contribution in [-0.2, 0) is 18.3 Å². The van der Waals surface area contributed by atoms with Crippen molar-refractivity contribution in [2.24, 2.45) is 7.05 Å². The smallest absolute Gasteiger partial charge is 0.271 e. The second-order valence-corrected chi connectivity index (χ2v) is 5.48. The van der Waals surface area contributed by atoms with Crippen LogP contribution in [0.2, 0.25) is 0 Å². The molecule has 0 spiro atoms. The highest BCUT2D eigenvalue weighted by Gasteiger charge is 2.14. The summed E-state index contributed by atoms with van der Waals surface area (Å²) in [6.07, 6.45) is 1.69. The fraction of sp³-hybridized carbons (Fsp3) is 0.111. The largest absolute Gasteiger partial charge is 0.350 e. The molecule has 3 rings (SSSR count). The maximum Gasteiger partial charge on any atom is 0.271 e. The molecule has 0 atom stereocenters. The van der Waals surface area contributed by atoms with Crippen LogP contribution in [0, 0.1) is 5.82 Å². The van der Waals surface area contributed by atoms with Gasteiger partial charge in [0.05, 0.1) is 12.0 Å². The monoisotopic (exact) mass is 325 g/mol. The third-order valence-electron chi connectivity index (χ3n) is 3.71. The lowest BCUT2D eigenvalue weighted by Crippen LogP contribution is -2.42. The molecule has 0 bridgehead atoms. The van der Waals surface area contributed by atoms with Crippen LogP contribution in [0.3, 0.4) is 0 Å². The van der Waals surface area contributed by atoms with Crippen molar-refractivity contribution in [3.8, 4) is 0 Å². The Kier molecular flexibility index (Phi) is 4.29. The molecule has 3 aromatic rings. The summed E-state index contributed by atoms with van der Waals surface area (Å²) >= 11 is 0.